The van der Waals surface area contributed by atoms with Crippen LogP contribution < -0.4 is 10.6 Å². The maximum absolute atomic E-state index is 5.80. The number of rotatable bonds is 2. The monoisotopic (exact) mass is 272 g/mol. The van der Waals surface area contributed by atoms with Crippen LogP contribution in [0, 0.1) is 0 Å². The Labute approximate surface area is 96.8 Å². The van der Waals surface area contributed by atoms with E-state index in [1.54, 1.807) is 0 Å². The van der Waals surface area contributed by atoms with Gasteiger partial charge in [-0.1, -0.05) is 15.9 Å². The second kappa shape index (κ2) is 4.76. The first kappa shape index (κ1) is 10.6. The zero-order valence-electron chi connectivity index (χ0n) is 8.32. The molecule has 1 fully saturated rings. The zero-order chi connectivity index (χ0) is 10.7. The highest BCUT2D eigenvalue weighted by molar-refractivity contribution is 9.08. The smallest absolute Gasteiger partial charge is 0.138 e. The first-order valence-corrected chi connectivity index (χ1v) is 5.93. The van der Waals surface area contributed by atoms with Gasteiger partial charge in [0.15, 0.2) is 0 Å². The fraction of sp³-hybridized carbons (Fsp3) is 0.556. The molecule has 2 heterocycles. The largest absolute Gasteiger partial charge is 0.383 e. The summed E-state index contributed by atoms with van der Waals surface area (Å²) in [6.07, 6.45) is 1.51. The molecule has 0 saturated carbocycles. The van der Waals surface area contributed by atoms with Crippen molar-refractivity contribution in [1.82, 2.24) is 9.97 Å². The molecule has 0 unspecified atom stereocenters. The lowest BCUT2D eigenvalue weighted by atomic mass is 10.3. The minimum atomic E-state index is 0.545. The molecule has 0 atom stereocenters. The van der Waals surface area contributed by atoms with E-state index in [1.165, 1.54) is 6.33 Å². The third kappa shape index (κ3) is 2.21. The highest BCUT2D eigenvalue weighted by Crippen LogP contribution is 2.24. The van der Waals surface area contributed by atoms with E-state index in [2.05, 4.69) is 30.8 Å². The van der Waals surface area contributed by atoms with Crippen LogP contribution in [0.15, 0.2) is 6.33 Å². The van der Waals surface area contributed by atoms with Gasteiger partial charge in [-0.15, -0.1) is 0 Å². The predicted molar refractivity (Wildman–Crippen MR) is 62.1 cm³/mol. The van der Waals surface area contributed by atoms with Crippen LogP contribution in [0.3, 0.4) is 0 Å². The summed E-state index contributed by atoms with van der Waals surface area (Å²) in [7, 11) is 0. The SMILES string of the molecule is Nc1ncnc(N2CCOCC2)c1CBr. The fourth-order valence-corrected chi connectivity index (χ4v) is 2.13. The normalized spacial score (nSPS) is 16.7. The van der Waals surface area contributed by atoms with Gasteiger partial charge in [-0.2, -0.15) is 0 Å². The van der Waals surface area contributed by atoms with Crippen molar-refractivity contribution in [2.75, 3.05) is 36.9 Å². The van der Waals surface area contributed by atoms with Crippen molar-refractivity contribution >= 4 is 27.6 Å². The highest BCUT2D eigenvalue weighted by Gasteiger charge is 2.17. The van der Waals surface area contributed by atoms with Gasteiger partial charge in [-0.05, 0) is 0 Å². The van der Waals surface area contributed by atoms with Gasteiger partial charge in [-0.25, -0.2) is 9.97 Å². The molecular formula is C9H13BrN4O. The molecule has 0 radical (unpaired) electrons. The minimum absolute atomic E-state index is 0.545. The molecule has 6 heteroatoms. The molecule has 1 aliphatic rings. The number of halogens is 1. The lowest BCUT2D eigenvalue weighted by Gasteiger charge is -2.29. The average molecular weight is 273 g/mol. The van der Waals surface area contributed by atoms with Gasteiger partial charge in [0.1, 0.15) is 18.0 Å². The van der Waals surface area contributed by atoms with Gasteiger partial charge in [0.2, 0.25) is 0 Å². The van der Waals surface area contributed by atoms with Gasteiger partial charge in [-0.3, -0.25) is 0 Å². The van der Waals surface area contributed by atoms with Crippen LogP contribution in [-0.4, -0.2) is 36.3 Å². The Hall–Kier alpha value is -0.880. The molecular weight excluding hydrogens is 260 g/mol. The number of alkyl halides is 1. The first-order valence-electron chi connectivity index (χ1n) is 4.81. The summed E-state index contributed by atoms with van der Waals surface area (Å²) in [6.45, 7) is 3.20. The molecule has 1 aliphatic heterocycles. The number of anilines is 2. The van der Waals surface area contributed by atoms with Crippen LogP contribution in [-0.2, 0) is 10.1 Å². The zero-order valence-corrected chi connectivity index (χ0v) is 9.90. The summed E-state index contributed by atoms with van der Waals surface area (Å²) in [5.74, 6) is 1.46. The lowest BCUT2D eigenvalue weighted by Crippen LogP contribution is -2.37. The van der Waals surface area contributed by atoms with Crippen LogP contribution in [0.1, 0.15) is 5.56 Å². The van der Waals surface area contributed by atoms with Gasteiger partial charge in [0, 0.05) is 24.0 Å². The molecule has 0 aliphatic carbocycles. The number of nitrogen functional groups attached to an aromatic ring is 1. The van der Waals surface area contributed by atoms with Crippen LogP contribution in [0.5, 0.6) is 0 Å². The van der Waals surface area contributed by atoms with E-state index in [0.29, 0.717) is 11.1 Å². The van der Waals surface area contributed by atoms with E-state index in [1.807, 2.05) is 0 Å². The summed E-state index contributed by atoms with van der Waals surface area (Å²) in [5.41, 5.74) is 6.76. The predicted octanol–water partition coefficient (Wildman–Crippen LogP) is 0.790. The number of morpholine rings is 1. The Bertz CT molecular complexity index is 341. The van der Waals surface area contributed by atoms with Gasteiger partial charge < -0.3 is 15.4 Å². The van der Waals surface area contributed by atoms with E-state index < -0.39 is 0 Å². The van der Waals surface area contributed by atoms with Crippen LogP contribution in [0.4, 0.5) is 11.6 Å². The maximum atomic E-state index is 5.80. The number of nitrogens with two attached hydrogens (primary N) is 1. The fourth-order valence-electron chi connectivity index (χ4n) is 1.59. The molecule has 1 saturated heterocycles. The number of ether oxygens (including phenoxy) is 1. The van der Waals surface area contributed by atoms with E-state index in [0.717, 1.165) is 37.7 Å². The Kier molecular flexibility index (Phi) is 3.37. The molecule has 2 rings (SSSR count). The van der Waals surface area contributed by atoms with Gasteiger partial charge in [0.05, 0.1) is 13.2 Å². The standard InChI is InChI=1S/C9H13BrN4O/c10-5-7-8(11)12-6-13-9(7)14-1-3-15-4-2-14/h6H,1-5H2,(H2,11,12,13). The summed E-state index contributed by atoms with van der Waals surface area (Å²) >= 11 is 3.41. The Morgan fingerprint density at radius 3 is 2.80 bits per heavy atom. The second-order valence-corrected chi connectivity index (χ2v) is 3.85. The summed E-state index contributed by atoms with van der Waals surface area (Å²) in [4.78, 5) is 10.4. The molecule has 0 amide bonds. The molecule has 0 spiro atoms. The molecule has 82 valence electrons. The minimum Gasteiger partial charge on any atom is -0.383 e. The van der Waals surface area contributed by atoms with Crippen molar-refractivity contribution in [2.45, 2.75) is 5.33 Å². The van der Waals surface area contributed by atoms with Crippen LogP contribution in [0.25, 0.3) is 0 Å². The third-order valence-electron chi connectivity index (χ3n) is 2.40. The summed E-state index contributed by atoms with van der Waals surface area (Å²) < 4.78 is 5.30. The number of aromatic nitrogens is 2. The molecule has 1 aromatic heterocycles. The molecule has 2 N–H and O–H groups in total. The van der Waals surface area contributed by atoms with E-state index in [-0.39, 0.29) is 0 Å². The Morgan fingerprint density at radius 2 is 2.13 bits per heavy atom. The van der Waals surface area contributed by atoms with Crippen molar-refractivity contribution < 1.29 is 4.74 Å². The molecule has 1 aromatic rings. The third-order valence-corrected chi connectivity index (χ3v) is 2.96. The maximum Gasteiger partial charge on any atom is 0.138 e. The first-order chi connectivity index (χ1) is 7.33. The second-order valence-electron chi connectivity index (χ2n) is 3.29. The van der Waals surface area contributed by atoms with Crippen LogP contribution >= 0.6 is 15.9 Å². The highest BCUT2D eigenvalue weighted by atomic mass is 79.9. The molecule has 5 nitrogen and oxygen atoms in total. The lowest BCUT2D eigenvalue weighted by molar-refractivity contribution is 0.122. The molecule has 0 bridgehead atoms. The van der Waals surface area contributed by atoms with Crippen molar-refractivity contribution in [1.29, 1.82) is 0 Å². The summed E-state index contributed by atoms with van der Waals surface area (Å²) in [5, 5.41) is 0.673. The van der Waals surface area contributed by atoms with Crippen molar-refractivity contribution in [3.05, 3.63) is 11.9 Å². The topological polar surface area (TPSA) is 64.3 Å². The van der Waals surface area contributed by atoms with Crippen molar-refractivity contribution in [2.24, 2.45) is 0 Å². The number of hydrogen-bond donors (Lipinski definition) is 1. The van der Waals surface area contributed by atoms with E-state index >= 15 is 0 Å². The average Bonchev–Trinajstić information content (AvgIpc) is 2.30. The quantitative estimate of drug-likeness (QED) is 0.807. The van der Waals surface area contributed by atoms with E-state index in [4.69, 9.17) is 10.5 Å². The molecule has 15 heavy (non-hydrogen) atoms. The number of nitrogens with zero attached hydrogens (tertiary/aromatic N) is 3. The van der Waals surface area contributed by atoms with Gasteiger partial charge in [0.25, 0.3) is 0 Å². The van der Waals surface area contributed by atoms with Crippen LogP contribution in [0.2, 0.25) is 0 Å². The Morgan fingerprint density at radius 1 is 1.40 bits per heavy atom. The van der Waals surface area contributed by atoms with Crippen molar-refractivity contribution in [3.63, 3.8) is 0 Å². The Balaban J connectivity index is 2.29. The molecule has 0 aromatic carbocycles. The van der Waals surface area contributed by atoms with E-state index in [9.17, 15) is 0 Å². The van der Waals surface area contributed by atoms with Gasteiger partial charge >= 0.3 is 0 Å². The van der Waals surface area contributed by atoms with Crippen molar-refractivity contribution in [3.8, 4) is 0 Å². The number of hydrogen-bond acceptors (Lipinski definition) is 5. The summed E-state index contributed by atoms with van der Waals surface area (Å²) in [6, 6.07) is 0.